The molecule has 1 heterocycles. The van der Waals surface area contributed by atoms with Crippen molar-refractivity contribution in [1.82, 2.24) is 20.2 Å². The second-order valence-electron chi connectivity index (χ2n) is 5.13. The molecule has 2 amide bonds. The van der Waals surface area contributed by atoms with Crippen LogP contribution in [-0.2, 0) is 7.05 Å². The molecule has 1 atom stereocenters. The van der Waals surface area contributed by atoms with Gasteiger partial charge in [-0.2, -0.15) is 0 Å². The van der Waals surface area contributed by atoms with E-state index >= 15 is 0 Å². The van der Waals surface area contributed by atoms with Crippen molar-refractivity contribution in [2.24, 2.45) is 7.05 Å². The fourth-order valence-corrected chi connectivity index (χ4v) is 2.17. The molecular weight excluding hydrogens is 283 g/mol. The summed E-state index contributed by atoms with van der Waals surface area (Å²) < 4.78 is 15.0. The number of unbranched alkanes of at least 4 members (excludes halogenated alkanes) is 1. The molecule has 0 aliphatic rings. The molecule has 0 radical (unpaired) electrons. The number of carbonyl (C=O) groups excluding carboxylic acids is 1. The molecule has 0 bridgehead atoms. The van der Waals surface area contributed by atoms with Gasteiger partial charge in [-0.1, -0.05) is 25.5 Å². The van der Waals surface area contributed by atoms with Crippen LogP contribution in [0.2, 0.25) is 0 Å². The van der Waals surface area contributed by atoms with Crippen LogP contribution in [0.25, 0.3) is 0 Å². The molecule has 0 saturated carbocycles. The summed E-state index contributed by atoms with van der Waals surface area (Å²) in [4.78, 5) is 16.3. The zero-order valence-electron chi connectivity index (χ0n) is 12.8. The molecule has 5 nitrogen and oxygen atoms in total. The van der Waals surface area contributed by atoms with Gasteiger partial charge in [0.05, 0.1) is 0 Å². The second kappa shape index (κ2) is 7.59. The van der Waals surface area contributed by atoms with Gasteiger partial charge < -0.3 is 15.2 Å². The highest BCUT2D eigenvalue weighted by molar-refractivity contribution is 5.74. The Bertz CT molecular complexity index is 609. The summed E-state index contributed by atoms with van der Waals surface area (Å²) in [5, 5.41) is 5.71. The minimum atomic E-state index is -0.428. The fourth-order valence-electron chi connectivity index (χ4n) is 2.17. The van der Waals surface area contributed by atoms with Gasteiger partial charge in [-0.05, 0) is 24.1 Å². The lowest BCUT2D eigenvalue weighted by molar-refractivity contribution is 0.238. The smallest absolute Gasteiger partial charge is 0.315 e. The highest BCUT2D eigenvalue weighted by Gasteiger charge is 2.20. The van der Waals surface area contributed by atoms with E-state index in [1.54, 1.807) is 18.3 Å². The van der Waals surface area contributed by atoms with Gasteiger partial charge in [0.1, 0.15) is 17.7 Å². The first-order valence-corrected chi connectivity index (χ1v) is 7.39. The van der Waals surface area contributed by atoms with Crippen LogP contribution in [0.3, 0.4) is 0 Å². The van der Waals surface area contributed by atoms with Gasteiger partial charge in [0.2, 0.25) is 0 Å². The molecule has 22 heavy (non-hydrogen) atoms. The molecule has 2 rings (SSSR count). The van der Waals surface area contributed by atoms with E-state index < -0.39 is 6.04 Å². The predicted molar refractivity (Wildman–Crippen MR) is 82.9 cm³/mol. The Hall–Kier alpha value is -2.37. The minimum Gasteiger partial charge on any atom is -0.338 e. The van der Waals surface area contributed by atoms with Gasteiger partial charge >= 0.3 is 6.03 Å². The van der Waals surface area contributed by atoms with Gasteiger partial charge in [-0.15, -0.1) is 0 Å². The Morgan fingerprint density at radius 3 is 2.68 bits per heavy atom. The lowest BCUT2D eigenvalue weighted by atomic mass is 10.1. The topological polar surface area (TPSA) is 59.0 Å². The number of halogens is 1. The van der Waals surface area contributed by atoms with Gasteiger partial charge in [0.15, 0.2) is 0 Å². The van der Waals surface area contributed by atoms with Crippen LogP contribution in [-0.4, -0.2) is 22.1 Å². The number of carbonyl (C=O) groups is 1. The van der Waals surface area contributed by atoms with Gasteiger partial charge in [-0.3, -0.25) is 0 Å². The van der Waals surface area contributed by atoms with Crippen molar-refractivity contribution in [3.63, 3.8) is 0 Å². The maximum atomic E-state index is 13.1. The lowest BCUT2D eigenvalue weighted by Crippen LogP contribution is -2.39. The molecule has 2 aromatic rings. The number of nitrogens with one attached hydrogen (secondary N) is 2. The summed E-state index contributed by atoms with van der Waals surface area (Å²) in [6, 6.07) is 5.37. The van der Waals surface area contributed by atoms with E-state index in [0.717, 1.165) is 18.4 Å². The Balaban J connectivity index is 2.17. The number of benzene rings is 1. The monoisotopic (exact) mass is 304 g/mol. The second-order valence-corrected chi connectivity index (χ2v) is 5.13. The molecule has 0 fully saturated rings. The number of nitrogens with zero attached hydrogens (tertiary/aromatic N) is 2. The first-order valence-electron chi connectivity index (χ1n) is 7.39. The Kier molecular flexibility index (Phi) is 5.52. The Morgan fingerprint density at radius 1 is 1.36 bits per heavy atom. The number of imidazole rings is 1. The van der Waals surface area contributed by atoms with Crippen molar-refractivity contribution in [3.05, 3.63) is 53.9 Å². The highest BCUT2D eigenvalue weighted by atomic mass is 19.1. The summed E-state index contributed by atoms with van der Waals surface area (Å²) in [5.41, 5.74) is 0.779. The van der Waals surface area contributed by atoms with Gasteiger partial charge in [0, 0.05) is 26.0 Å². The molecule has 1 aromatic carbocycles. The third-order valence-corrected chi connectivity index (χ3v) is 3.41. The van der Waals surface area contributed by atoms with E-state index in [2.05, 4.69) is 22.5 Å². The van der Waals surface area contributed by atoms with Crippen LogP contribution < -0.4 is 10.6 Å². The maximum absolute atomic E-state index is 13.1. The molecule has 118 valence electrons. The third-order valence-electron chi connectivity index (χ3n) is 3.41. The number of rotatable bonds is 6. The zero-order valence-corrected chi connectivity index (χ0v) is 12.8. The summed E-state index contributed by atoms with van der Waals surface area (Å²) >= 11 is 0. The SMILES string of the molecule is CCCCNC(=O)NC(c1ccc(F)cc1)c1nccn1C. The molecule has 6 heteroatoms. The average Bonchev–Trinajstić information content (AvgIpc) is 2.92. The normalized spacial score (nSPS) is 12.0. The lowest BCUT2D eigenvalue weighted by Gasteiger charge is -2.19. The first kappa shape index (κ1) is 16.0. The van der Waals surface area contributed by atoms with Crippen LogP contribution in [0.4, 0.5) is 9.18 Å². The zero-order chi connectivity index (χ0) is 15.9. The van der Waals surface area contributed by atoms with Crippen LogP contribution in [0, 0.1) is 5.82 Å². The molecule has 1 unspecified atom stereocenters. The van der Waals surface area contributed by atoms with E-state index in [4.69, 9.17) is 0 Å². The van der Waals surface area contributed by atoms with Crippen molar-refractivity contribution in [3.8, 4) is 0 Å². The standard InChI is InChI=1S/C16H21FN4O/c1-3-4-9-19-16(22)20-14(15-18-10-11-21(15)2)12-5-7-13(17)8-6-12/h5-8,10-11,14H,3-4,9H2,1-2H3,(H2,19,20,22). The van der Waals surface area contributed by atoms with Crippen molar-refractivity contribution in [2.75, 3.05) is 6.54 Å². The van der Waals surface area contributed by atoms with E-state index in [1.807, 2.05) is 17.8 Å². The molecular formula is C16H21FN4O. The first-order chi connectivity index (χ1) is 10.6. The quantitative estimate of drug-likeness (QED) is 0.806. The van der Waals surface area contributed by atoms with Gasteiger partial charge in [-0.25, -0.2) is 14.2 Å². The van der Waals surface area contributed by atoms with E-state index in [-0.39, 0.29) is 11.8 Å². The average molecular weight is 304 g/mol. The summed E-state index contributed by atoms with van der Waals surface area (Å²) in [5.74, 6) is 0.381. The van der Waals surface area contributed by atoms with Crippen molar-refractivity contribution >= 4 is 6.03 Å². The molecule has 0 spiro atoms. The maximum Gasteiger partial charge on any atom is 0.315 e. The number of hydrogen-bond acceptors (Lipinski definition) is 2. The number of aromatic nitrogens is 2. The van der Waals surface area contributed by atoms with Crippen LogP contribution in [0.15, 0.2) is 36.7 Å². The van der Waals surface area contributed by atoms with Gasteiger partial charge in [0.25, 0.3) is 0 Å². The Labute approximate surface area is 129 Å². The largest absolute Gasteiger partial charge is 0.338 e. The van der Waals surface area contributed by atoms with Crippen LogP contribution in [0.5, 0.6) is 0 Å². The molecule has 0 saturated heterocycles. The van der Waals surface area contributed by atoms with Crippen molar-refractivity contribution in [2.45, 2.75) is 25.8 Å². The molecule has 2 N–H and O–H groups in total. The minimum absolute atomic E-state index is 0.259. The number of amides is 2. The van der Waals surface area contributed by atoms with Crippen LogP contribution in [0.1, 0.15) is 37.2 Å². The predicted octanol–water partition coefficient (Wildman–Crippen LogP) is 2.75. The fraction of sp³-hybridized carbons (Fsp3) is 0.375. The molecule has 0 aliphatic heterocycles. The number of urea groups is 1. The van der Waals surface area contributed by atoms with E-state index in [9.17, 15) is 9.18 Å². The summed E-state index contributed by atoms with van der Waals surface area (Å²) in [6.45, 7) is 2.69. The highest BCUT2D eigenvalue weighted by Crippen LogP contribution is 2.20. The van der Waals surface area contributed by atoms with E-state index in [1.165, 1.54) is 12.1 Å². The number of hydrogen-bond donors (Lipinski definition) is 2. The summed E-state index contributed by atoms with van der Waals surface area (Å²) in [6.07, 6.45) is 5.42. The summed E-state index contributed by atoms with van der Waals surface area (Å²) in [7, 11) is 1.86. The molecule has 1 aromatic heterocycles. The van der Waals surface area contributed by atoms with E-state index in [0.29, 0.717) is 12.4 Å². The molecule has 0 aliphatic carbocycles. The Morgan fingerprint density at radius 2 is 2.09 bits per heavy atom. The number of aryl methyl sites for hydroxylation is 1. The van der Waals surface area contributed by atoms with Crippen molar-refractivity contribution < 1.29 is 9.18 Å². The van der Waals surface area contributed by atoms with Crippen LogP contribution >= 0.6 is 0 Å². The third kappa shape index (κ3) is 4.07. The van der Waals surface area contributed by atoms with Crippen molar-refractivity contribution in [1.29, 1.82) is 0 Å².